The third-order valence-electron chi connectivity index (χ3n) is 3.48. The lowest BCUT2D eigenvalue weighted by Gasteiger charge is -2.20. The largest absolute Gasteiger partial charge is 0.481 e. The minimum absolute atomic E-state index is 0.00133. The van der Waals surface area contributed by atoms with Gasteiger partial charge in [-0.25, -0.2) is 0 Å². The molecule has 1 aromatic heterocycles. The summed E-state index contributed by atoms with van der Waals surface area (Å²) in [5.74, 6) is 7.01. The molecule has 3 nitrogen and oxygen atoms in total. The Hall–Kier alpha value is -1.80. The molecule has 0 saturated heterocycles. The molecule has 1 aromatic carbocycles. The van der Waals surface area contributed by atoms with E-state index in [1.165, 1.54) is 10.4 Å². The van der Waals surface area contributed by atoms with Crippen LogP contribution in [0.2, 0.25) is 0 Å². The second kappa shape index (κ2) is 8.16. The fourth-order valence-corrected chi connectivity index (χ4v) is 2.90. The Labute approximate surface area is 142 Å². The number of rotatable bonds is 6. The molecule has 23 heavy (non-hydrogen) atoms. The molecule has 0 fully saturated rings. The fraction of sp³-hybridized carbons (Fsp3) is 0.368. The molecule has 2 aromatic rings. The number of aryl methyl sites for hydroxylation is 2. The van der Waals surface area contributed by atoms with Gasteiger partial charge in [0, 0.05) is 10.4 Å². The minimum Gasteiger partial charge on any atom is -0.481 e. The van der Waals surface area contributed by atoms with Gasteiger partial charge in [0.15, 0.2) is 0 Å². The fourth-order valence-electron chi connectivity index (χ4n) is 2.02. The van der Waals surface area contributed by atoms with Crippen molar-refractivity contribution in [3.05, 3.63) is 51.7 Å². The molecule has 0 saturated carbocycles. The van der Waals surface area contributed by atoms with E-state index in [4.69, 9.17) is 10.5 Å². The van der Waals surface area contributed by atoms with Crippen LogP contribution in [0.5, 0.6) is 5.75 Å². The lowest BCUT2D eigenvalue weighted by atomic mass is 9.98. The van der Waals surface area contributed by atoms with Crippen molar-refractivity contribution in [3.8, 4) is 17.6 Å². The van der Waals surface area contributed by atoms with Crippen molar-refractivity contribution in [1.82, 2.24) is 0 Å². The van der Waals surface area contributed by atoms with Gasteiger partial charge in [-0.2, -0.15) is 0 Å². The van der Waals surface area contributed by atoms with Crippen molar-refractivity contribution in [3.63, 3.8) is 0 Å². The third kappa shape index (κ3) is 6.07. The Morgan fingerprint density at radius 1 is 1.30 bits per heavy atom. The van der Waals surface area contributed by atoms with Crippen molar-refractivity contribution < 1.29 is 9.84 Å². The molecule has 1 heterocycles. The molecule has 0 spiro atoms. The molecular weight excluding hydrogens is 306 g/mol. The molecule has 0 bridgehead atoms. The molecule has 0 aliphatic carbocycles. The van der Waals surface area contributed by atoms with Crippen LogP contribution in [0.25, 0.3) is 0 Å². The maximum Gasteiger partial charge on any atom is 0.149 e. The number of aliphatic hydroxyl groups is 1. The lowest BCUT2D eigenvalue weighted by molar-refractivity contribution is 0.201. The molecule has 0 aliphatic heterocycles. The molecule has 0 amide bonds. The number of thiophene rings is 1. The molecule has 1 atom stereocenters. The Balaban J connectivity index is 1.83. The number of nitrogens with two attached hydrogens (primary N) is 1. The van der Waals surface area contributed by atoms with Crippen LogP contribution < -0.4 is 10.5 Å². The molecule has 3 N–H and O–H groups in total. The van der Waals surface area contributed by atoms with Gasteiger partial charge < -0.3 is 15.6 Å². The van der Waals surface area contributed by atoms with E-state index in [1.807, 2.05) is 44.2 Å². The summed E-state index contributed by atoms with van der Waals surface area (Å²) in [4.78, 5) is 2.26. The SMILES string of the molecule is Cc1cccc(OCC#Cc2ccc(CCC(C)(N)CO)s2)c1. The number of ether oxygens (including phenoxy) is 1. The predicted octanol–water partition coefficient (Wildman–Crippen LogP) is 3.13. The van der Waals surface area contributed by atoms with E-state index in [-0.39, 0.29) is 6.61 Å². The summed E-state index contributed by atoms with van der Waals surface area (Å²) in [6.45, 7) is 4.28. The van der Waals surface area contributed by atoms with E-state index >= 15 is 0 Å². The second-order valence-corrected chi connectivity index (χ2v) is 7.15. The molecule has 0 radical (unpaired) electrons. The van der Waals surface area contributed by atoms with Crippen molar-refractivity contribution in [1.29, 1.82) is 0 Å². The Morgan fingerprint density at radius 2 is 2.13 bits per heavy atom. The zero-order valence-electron chi connectivity index (χ0n) is 13.6. The minimum atomic E-state index is -0.516. The normalized spacial score (nSPS) is 13.0. The van der Waals surface area contributed by atoms with Gasteiger partial charge in [0.05, 0.1) is 11.5 Å². The highest BCUT2D eigenvalue weighted by atomic mass is 32.1. The summed E-state index contributed by atoms with van der Waals surface area (Å²) in [6, 6.07) is 12.0. The van der Waals surface area contributed by atoms with Gasteiger partial charge in [-0.15, -0.1) is 11.3 Å². The third-order valence-corrected chi connectivity index (χ3v) is 4.54. The van der Waals surface area contributed by atoms with Gasteiger partial charge in [-0.3, -0.25) is 0 Å². The predicted molar refractivity (Wildman–Crippen MR) is 95.9 cm³/mol. The highest BCUT2D eigenvalue weighted by molar-refractivity contribution is 7.12. The Morgan fingerprint density at radius 3 is 2.87 bits per heavy atom. The van der Waals surface area contributed by atoms with E-state index in [0.29, 0.717) is 6.61 Å². The first-order valence-corrected chi connectivity index (χ1v) is 8.47. The van der Waals surface area contributed by atoms with E-state index in [2.05, 4.69) is 17.9 Å². The topological polar surface area (TPSA) is 55.5 Å². The first-order chi connectivity index (χ1) is 11.0. The Kier molecular flexibility index (Phi) is 6.23. The molecule has 0 aliphatic rings. The van der Waals surface area contributed by atoms with Crippen LogP contribution in [0.4, 0.5) is 0 Å². The number of hydrogen-bond donors (Lipinski definition) is 2. The van der Waals surface area contributed by atoms with E-state index in [9.17, 15) is 5.11 Å². The zero-order valence-corrected chi connectivity index (χ0v) is 14.5. The average Bonchev–Trinajstić information content (AvgIpc) is 2.98. The summed E-state index contributed by atoms with van der Waals surface area (Å²) < 4.78 is 5.61. The number of hydrogen-bond acceptors (Lipinski definition) is 4. The quantitative estimate of drug-likeness (QED) is 0.801. The molecule has 1 unspecified atom stereocenters. The summed E-state index contributed by atoms with van der Waals surface area (Å²) in [5.41, 5.74) is 6.60. The van der Waals surface area contributed by atoms with Crippen LogP contribution in [0.3, 0.4) is 0 Å². The standard InChI is InChI=1S/C19H23NO2S/c1-15-5-3-6-16(13-15)22-12-4-7-17-8-9-18(23-17)10-11-19(2,20)14-21/h3,5-6,8-9,13,21H,10-12,14,20H2,1-2H3. The van der Waals surface area contributed by atoms with Gasteiger partial charge in [0.2, 0.25) is 0 Å². The monoisotopic (exact) mass is 329 g/mol. The maximum atomic E-state index is 9.17. The van der Waals surface area contributed by atoms with E-state index in [0.717, 1.165) is 23.5 Å². The van der Waals surface area contributed by atoms with Gasteiger partial charge in [-0.05, 0) is 56.5 Å². The highest BCUT2D eigenvalue weighted by Crippen LogP contribution is 2.19. The van der Waals surface area contributed by atoms with Crippen LogP contribution >= 0.6 is 11.3 Å². The maximum absolute atomic E-state index is 9.17. The summed E-state index contributed by atoms with van der Waals surface area (Å²) in [6.07, 6.45) is 1.62. The second-order valence-electron chi connectivity index (χ2n) is 5.99. The van der Waals surface area contributed by atoms with Crippen LogP contribution in [0, 0.1) is 18.8 Å². The van der Waals surface area contributed by atoms with E-state index in [1.54, 1.807) is 11.3 Å². The summed E-state index contributed by atoms with van der Waals surface area (Å²) in [5, 5.41) is 9.17. The molecular formula is C19H23NO2S. The van der Waals surface area contributed by atoms with Gasteiger partial charge in [0.1, 0.15) is 12.4 Å². The Bertz CT molecular complexity index is 695. The zero-order chi connectivity index (χ0) is 16.7. The van der Waals surface area contributed by atoms with Crippen molar-refractivity contribution in [2.75, 3.05) is 13.2 Å². The van der Waals surface area contributed by atoms with Crippen LogP contribution in [-0.2, 0) is 6.42 Å². The lowest BCUT2D eigenvalue weighted by Crippen LogP contribution is -2.40. The van der Waals surface area contributed by atoms with Crippen LogP contribution in [-0.4, -0.2) is 23.9 Å². The number of benzene rings is 1. The smallest absolute Gasteiger partial charge is 0.149 e. The highest BCUT2D eigenvalue weighted by Gasteiger charge is 2.16. The molecule has 122 valence electrons. The van der Waals surface area contributed by atoms with Gasteiger partial charge in [-0.1, -0.05) is 24.0 Å². The first-order valence-electron chi connectivity index (χ1n) is 7.65. The molecule has 4 heteroatoms. The van der Waals surface area contributed by atoms with Crippen molar-refractivity contribution in [2.24, 2.45) is 5.73 Å². The van der Waals surface area contributed by atoms with Gasteiger partial charge in [0.25, 0.3) is 0 Å². The van der Waals surface area contributed by atoms with Gasteiger partial charge >= 0.3 is 0 Å². The van der Waals surface area contributed by atoms with E-state index < -0.39 is 5.54 Å². The van der Waals surface area contributed by atoms with Crippen molar-refractivity contribution in [2.45, 2.75) is 32.2 Å². The van der Waals surface area contributed by atoms with Crippen LogP contribution in [0.15, 0.2) is 36.4 Å². The number of aliphatic hydroxyl groups excluding tert-OH is 1. The first kappa shape index (κ1) is 17.6. The van der Waals surface area contributed by atoms with Crippen molar-refractivity contribution >= 4 is 11.3 Å². The summed E-state index contributed by atoms with van der Waals surface area (Å²) >= 11 is 1.67. The summed E-state index contributed by atoms with van der Waals surface area (Å²) in [7, 11) is 0. The average molecular weight is 329 g/mol. The van der Waals surface area contributed by atoms with Crippen LogP contribution in [0.1, 0.15) is 28.7 Å². The molecule has 2 rings (SSSR count).